The van der Waals surface area contributed by atoms with Crippen LogP contribution in [0, 0.1) is 5.82 Å². The molecule has 0 radical (unpaired) electrons. The minimum Gasteiger partial charge on any atom is -0.356 e. The molecule has 126 valence electrons. The maximum Gasteiger partial charge on any atom is 0.190 e. The number of aryl methyl sites for hydroxylation is 1. The molecule has 7 heteroatoms. The lowest BCUT2D eigenvalue weighted by Gasteiger charge is -2.12. The Morgan fingerprint density at radius 3 is 2.61 bits per heavy atom. The summed E-state index contributed by atoms with van der Waals surface area (Å²) < 4.78 is 14.7. The van der Waals surface area contributed by atoms with Gasteiger partial charge in [0.25, 0.3) is 0 Å². The van der Waals surface area contributed by atoms with E-state index in [1.54, 1.807) is 25.4 Å². The summed E-state index contributed by atoms with van der Waals surface area (Å²) in [5, 5.41) is 10.7. The molecule has 2 N–H and O–H groups in total. The molecule has 0 saturated carbocycles. The number of guanidine groups is 1. The fraction of sp³-hybridized carbons (Fsp3) is 0.375. The first-order chi connectivity index (χ1) is 10.8. The zero-order valence-corrected chi connectivity index (χ0v) is 15.5. The molecule has 0 aliphatic heterocycles. The van der Waals surface area contributed by atoms with Gasteiger partial charge in [0.2, 0.25) is 0 Å². The molecule has 0 amide bonds. The molecule has 0 bridgehead atoms. The third kappa shape index (κ3) is 7.45. The van der Waals surface area contributed by atoms with Gasteiger partial charge in [-0.2, -0.15) is 5.10 Å². The summed E-state index contributed by atoms with van der Waals surface area (Å²) in [7, 11) is 1.75. The van der Waals surface area contributed by atoms with Crippen molar-refractivity contribution >= 4 is 29.9 Å². The molecular formula is C16H23FIN5. The molecular weight excluding hydrogens is 408 g/mol. The molecule has 23 heavy (non-hydrogen) atoms. The molecule has 0 aliphatic carbocycles. The molecule has 1 heterocycles. The number of aromatic nitrogens is 2. The minimum absolute atomic E-state index is 0. The van der Waals surface area contributed by atoms with E-state index in [0.29, 0.717) is 0 Å². The molecule has 2 aromatic rings. The predicted molar refractivity (Wildman–Crippen MR) is 102 cm³/mol. The second-order valence-corrected chi connectivity index (χ2v) is 4.92. The highest BCUT2D eigenvalue weighted by Gasteiger charge is 1.98. The van der Waals surface area contributed by atoms with Crippen molar-refractivity contribution in [2.45, 2.75) is 19.4 Å². The van der Waals surface area contributed by atoms with E-state index in [2.05, 4.69) is 20.7 Å². The lowest BCUT2D eigenvalue weighted by Crippen LogP contribution is -2.39. The molecule has 0 fully saturated rings. The van der Waals surface area contributed by atoms with Crippen LogP contribution in [0.2, 0.25) is 0 Å². The molecule has 1 aromatic carbocycles. The van der Waals surface area contributed by atoms with Crippen molar-refractivity contribution in [3.63, 3.8) is 0 Å². The summed E-state index contributed by atoms with van der Waals surface area (Å²) in [5.41, 5.74) is 1.10. The van der Waals surface area contributed by atoms with Crippen LogP contribution in [0.25, 0.3) is 0 Å². The van der Waals surface area contributed by atoms with Crippen LogP contribution in [0.15, 0.2) is 47.7 Å². The van der Waals surface area contributed by atoms with Gasteiger partial charge < -0.3 is 10.6 Å². The van der Waals surface area contributed by atoms with E-state index in [0.717, 1.165) is 44.0 Å². The van der Waals surface area contributed by atoms with Crippen LogP contribution in [0.1, 0.15) is 12.0 Å². The van der Waals surface area contributed by atoms with Crippen molar-refractivity contribution in [3.05, 3.63) is 54.1 Å². The summed E-state index contributed by atoms with van der Waals surface area (Å²) in [6.45, 7) is 2.47. The van der Waals surface area contributed by atoms with Crippen LogP contribution in [0.3, 0.4) is 0 Å². The van der Waals surface area contributed by atoms with Crippen molar-refractivity contribution < 1.29 is 4.39 Å². The monoisotopic (exact) mass is 431 g/mol. The quantitative estimate of drug-likeness (QED) is 0.307. The van der Waals surface area contributed by atoms with Crippen LogP contribution >= 0.6 is 24.0 Å². The van der Waals surface area contributed by atoms with Gasteiger partial charge in [-0.1, -0.05) is 12.1 Å². The Kier molecular flexibility index (Phi) is 9.27. The van der Waals surface area contributed by atoms with E-state index in [4.69, 9.17) is 0 Å². The van der Waals surface area contributed by atoms with Gasteiger partial charge in [-0.3, -0.25) is 9.67 Å². The standard InChI is InChI=1S/C16H22FN5.HI/c1-18-16(19-9-2-12-22-13-3-10-21-22)20-11-8-14-4-6-15(17)7-5-14;/h3-7,10,13H,2,8-9,11-12H2,1H3,(H2,18,19,20);1H. The highest BCUT2D eigenvalue weighted by molar-refractivity contribution is 14.0. The number of benzene rings is 1. The number of halogens is 2. The van der Waals surface area contributed by atoms with Crippen molar-refractivity contribution in [3.8, 4) is 0 Å². The number of rotatable bonds is 7. The highest BCUT2D eigenvalue weighted by Crippen LogP contribution is 2.02. The largest absolute Gasteiger partial charge is 0.356 e. The molecule has 0 spiro atoms. The van der Waals surface area contributed by atoms with E-state index in [9.17, 15) is 4.39 Å². The zero-order valence-electron chi connectivity index (χ0n) is 13.2. The fourth-order valence-corrected chi connectivity index (χ4v) is 2.08. The van der Waals surface area contributed by atoms with Crippen LogP contribution in [-0.2, 0) is 13.0 Å². The summed E-state index contributed by atoms with van der Waals surface area (Å²) in [6, 6.07) is 8.49. The van der Waals surface area contributed by atoms with Gasteiger partial charge in [-0.15, -0.1) is 24.0 Å². The van der Waals surface area contributed by atoms with E-state index in [1.165, 1.54) is 12.1 Å². The maximum atomic E-state index is 12.8. The van der Waals surface area contributed by atoms with Crippen molar-refractivity contribution in [1.82, 2.24) is 20.4 Å². The van der Waals surface area contributed by atoms with E-state index in [1.807, 2.05) is 16.9 Å². The van der Waals surface area contributed by atoms with Gasteiger partial charge in [0.05, 0.1) is 0 Å². The lowest BCUT2D eigenvalue weighted by atomic mass is 10.1. The number of nitrogens with zero attached hydrogens (tertiary/aromatic N) is 3. The second-order valence-electron chi connectivity index (χ2n) is 4.92. The van der Waals surface area contributed by atoms with Gasteiger partial charge in [0.15, 0.2) is 5.96 Å². The van der Waals surface area contributed by atoms with E-state index < -0.39 is 0 Å². The average Bonchev–Trinajstić information content (AvgIpc) is 3.05. The zero-order chi connectivity index (χ0) is 15.6. The lowest BCUT2D eigenvalue weighted by molar-refractivity contribution is 0.570. The van der Waals surface area contributed by atoms with Crippen molar-refractivity contribution in [2.24, 2.45) is 4.99 Å². The highest BCUT2D eigenvalue weighted by atomic mass is 127. The Labute approximate surface area is 153 Å². The molecule has 0 atom stereocenters. The van der Waals surface area contributed by atoms with Crippen LogP contribution in [-0.4, -0.2) is 35.9 Å². The summed E-state index contributed by atoms with van der Waals surface area (Å²) >= 11 is 0. The number of hydrogen-bond donors (Lipinski definition) is 2. The smallest absolute Gasteiger partial charge is 0.190 e. The second kappa shape index (κ2) is 11.0. The van der Waals surface area contributed by atoms with Crippen LogP contribution in [0.4, 0.5) is 4.39 Å². The molecule has 2 rings (SSSR count). The fourth-order valence-electron chi connectivity index (χ4n) is 2.08. The molecule has 5 nitrogen and oxygen atoms in total. The molecule has 1 aromatic heterocycles. The van der Waals surface area contributed by atoms with E-state index in [-0.39, 0.29) is 29.8 Å². The first-order valence-corrected chi connectivity index (χ1v) is 7.44. The third-order valence-corrected chi connectivity index (χ3v) is 3.26. The minimum atomic E-state index is -0.202. The van der Waals surface area contributed by atoms with Gasteiger partial charge in [-0.25, -0.2) is 4.39 Å². The van der Waals surface area contributed by atoms with Crippen LogP contribution < -0.4 is 10.6 Å². The summed E-state index contributed by atoms with van der Waals surface area (Å²) in [5.74, 6) is 0.578. The Morgan fingerprint density at radius 1 is 1.22 bits per heavy atom. The number of nitrogens with one attached hydrogen (secondary N) is 2. The number of hydrogen-bond acceptors (Lipinski definition) is 2. The normalized spacial score (nSPS) is 11.0. The van der Waals surface area contributed by atoms with Crippen LogP contribution in [0.5, 0.6) is 0 Å². The van der Waals surface area contributed by atoms with Crippen molar-refractivity contribution in [1.29, 1.82) is 0 Å². The third-order valence-electron chi connectivity index (χ3n) is 3.26. The summed E-state index contributed by atoms with van der Waals surface area (Å²) in [6.07, 6.45) is 5.54. The number of aliphatic imine (C=N–C) groups is 1. The Bertz CT molecular complexity index is 569. The first kappa shape index (κ1) is 19.4. The van der Waals surface area contributed by atoms with Gasteiger partial charge in [0, 0.05) is 39.1 Å². The van der Waals surface area contributed by atoms with Gasteiger partial charge in [-0.05, 0) is 36.6 Å². The van der Waals surface area contributed by atoms with E-state index >= 15 is 0 Å². The average molecular weight is 431 g/mol. The summed E-state index contributed by atoms with van der Waals surface area (Å²) in [4.78, 5) is 4.18. The topological polar surface area (TPSA) is 54.2 Å². The van der Waals surface area contributed by atoms with Gasteiger partial charge in [0.1, 0.15) is 5.82 Å². The van der Waals surface area contributed by atoms with Crippen molar-refractivity contribution in [2.75, 3.05) is 20.1 Å². The Hall–Kier alpha value is -1.64. The molecule has 0 unspecified atom stereocenters. The van der Waals surface area contributed by atoms with Gasteiger partial charge >= 0.3 is 0 Å². The predicted octanol–water partition coefficient (Wildman–Crippen LogP) is 2.44. The molecule has 0 saturated heterocycles. The SMILES string of the molecule is CN=C(NCCCn1cccn1)NCCc1ccc(F)cc1.I. The Balaban J connectivity index is 0.00000264. The maximum absolute atomic E-state index is 12.8. The molecule has 0 aliphatic rings. The Morgan fingerprint density at radius 2 is 1.96 bits per heavy atom. The first-order valence-electron chi connectivity index (χ1n) is 7.44.